The average molecular weight is 498 g/mol. The van der Waals surface area contributed by atoms with Crippen molar-refractivity contribution in [3.8, 4) is 28.2 Å². The predicted molar refractivity (Wildman–Crippen MR) is 136 cm³/mol. The standard InChI is InChI=1S/C26H20F2N8O/c1-35(19-9-3-2-4-10-19)26(37)31-18-8-5-7-16(13-18)17-14-20(24(29)30-15-17)25-32-33-34-36(25)22-12-6-11-21(27)23(22)28/h2-15H,1H3,(H2,29,30)(H,31,37). The predicted octanol–water partition coefficient (Wildman–Crippen LogP) is 4.92. The van der Waals surface area contributed by atoms with E-state index in [1.165, 1.54) is 17.0 Å². The Morgan fingerprint density at radius 3 is 2.57 bits per heavy atom. The summed E-state index contributed by atoms with van der Waals surface area (Å²) >= 11 is 0. The number of hydrogen-bond donors (Lipinski definition) is 2. The van der Waals surface area contributed by atoms with Gasteiger partial charge >= 0.3 is 6.03 Å². The van der Waals surface area contributed by atoms with Crippen LogP contribution in [0.5, 0.6) is 0 Å². The quantitative estimate of drug-likeness (QED) is 0.356. The van der Waals surface area contributed by atoms with Crippen molar-refractivity contribution >= 4 is 23.2 Å². The maximum absolute atomic E-state index is 14.4. The van der Waals surface area contributed by atoms with Gasteiger partial charge in [-0.3, -0.25) is 4.90 Å². The van der Waals surface area contributed by atoms with Gasteiger partial charge in [0.15, 0.2) is 17.5 Å². The fourth-order valence-corrected chi connectivity index (χ4v) is 3.74. The highest BCUT2D eigenvalue weighted by molar-refractivity contribution is 6.01. The molecule has 5 aromatic rings. The van der Waals surface area contributed by atoms with E-state index in [1.807, 2.05) is 36.4 Å². The summed E-state index contributed by atoms with van der Waals surface area (Å²) in [5.41, 5.74) is 8.94. The molecule has 0 fully saturated rings. The number of amides is 2. The zero-order valence-corrected chi connectivity index (χ0v) is 19.5. The van der Waals surface area contributed by atoms with Crippen molar-refractivity contribution in [2.45, 2.75) is 0 Å². The van der Waals surface area contributed by atoms with Gasteiger partial charge in [0.2, 0.25) is 0 Å². The largest absolute Gasteiger partial charge is 0.383 e. The number of aromatic nitrogens is 5. The molecule has 0 spiro atoms. The van der Waals surface area contributed by atoms with E-state index in [9.17, 15) is 13.6 Å². The zero-order chi connectivity index (χ0) is 25.9. The molecule has 0 saturated carbocycles. The van der Waals surface area contributed by atoms with Crippen LogP contribution in [0.25, 0.3) is 28.2 Å². The number of urea groups is 1. The van der Waals surface area contributed by atoms with Gasteiger partial charge in [0.1, 0.15) is 11.5 Å². The Hall–Kier alpha value is -5.19. The summed E-state index contributed by atoms with van der Waals surface area (Å²) < 4.78 is 29.3. The number of carbonyl (C=O) groups excluding carboxylic acids is 1. The number of nitrogens with one attached hydrogen (secondary N) is 1. The molecule has 2 heterocycles. The van der Waals surface area contributed by atoms with Crippen LogP contribution in [0.4, 0.5) is 30.8 Å². The van der Waals surface area contributed by atoms with Gasteiger partial charge in [-0.25, -0.2) is 18.6 Å². The SMILES string of the molecule is CN(C(=O)Nc1cccc(-c2cnc(N)c(-c3nnnn3-c3cccc(F)c3F)c2)c1)c1ccccc1. The number of anilines is 3. The lowest BCUT2D eigenvalue weighted by Crippen LogP contribution is -2.31. The van der Waals surface area contributed by atoms with Crippen LogP contribution in [0.3, 0.4) is 0 Å². The molecule has 3 aromatic carbocycles. The lowest BCUT2D eigenvalue weighted by molar-refractivity contribution is 0.258. The van der Waals surface area contributed by atoms with E-state index in [0.29, 0.717) is 16.8 Å². The third-order valence-corrected chi connectivity index (χ3v) is 5.68. The fourth-order valence-electron chi connectivity index (χ4n) is 3.74. The molecule has 0 saturated heterocycles. The summed E-state index contributed by atoms with van der Waals surface area (Å²) in [5.74, 6) is -1.94. The molecule has 9 nitrogen and oxygen atoms in total. The molecule has 0 unspecified atom stereocenters. The Morgan fingerprint density at radius 1 is 0.973 bits per heavy atom. The first-order valence-corrected chi connectivity index (χ1v) is 11.1. The highest BCUT2D eigenvalue weighted by Crippen LogP contribution is 2.31. The molecule has 0 radical (unpaired) electrons. The third-order valence-electron chi connectivity index (χ3n) is 5.68. The van der Waals surface area contributed by atoms with Crippen molar-refractivity contribution in [1.29, 1.82) is 0 Å². The minimum absolute atomic E-state index is 0.0882. The second-order valence-electron chi connectivity index (χ2n) is 8.05. The molecule has 0 atom stereocenters. The van der Waals surface area contributed by atoms with Gasteiger partial charge < -0.3 is 11.1 Å². The number of para-hydroxylation sites is 1. The minimum atomic E-state index is -1.09. The fraction of sp³-hybridized carbons (Fsp3) is 0.0385. The van der Waals surface area contributed by atoms with E-state index in [-0.39, 0.29) is 23.4 Å². The smallest absolute Gasteiger partial charge is 0.326 e. The molecule has 0 aliphatic heterocycles. The number of halogens is 2. The van der Waals surface area contributed by atoms with Crippen LogP contribution in [-0.2, 0) is 0 Å². The summed E-state index contributed by atoms with van der Waals surface area (Å²) in [7, 11) is 1.68. The Kier molecular flexibility index (Phi) is 6.25. The molecule has 37 heavy (non-hydrogen) atoms. The van der Waals surface area contributed by atoms with E-state index >= 15 is 0 Å². The summed E-state index contributed by atoms with van der Waals surface area (Å²) in [6.07, 6.45) is 1.56. The number of nitrogens with two attached hydrogens (primary N) is 1. The van der Waals surface area contributed by atoms with E-state index in [2.05, 4.69) is 25.8 Å². The first-order valence-electron chi connectivity index (χ1n) is 11.1. The second kappa shape index (κ2) is 9.82. The van der Waals surface area contributed by atoms with Crippen molar-refractivity contribution in [2.24, 2.45) is 0 Å². The molecule has 184 valence electrons. The normalized spacial score (nSPS) is 10.8. The molecular weight excluding hydrogens is 478 g/mol. The van der Waals surface area contributed by atoms with Gasteiger partial charge in [-0.15, -0.1) is 5.10 Å². The number of nitrogens with zero attached hydrogens (tertiary/aromatic N) is 6. The number of rotatable bonds is 5. The topological polar surface area (TPSA) is 115 Å². The van der Waals surface area contributed by atoms with Gasteiger partial charge in [0.05, 0.1) is 5.56 Å². The highest BCUT2D eigenvalue weighted by Gasteiger charge is 2.20. The minimum Gasteiger partial charge on any atom is -0.383 e. The summed E-state index contributed by atoms with van der Waals surface area (Å²) in [4.78, 5) is 18.5. The molecule has 2 amide bonds. The Balaban J connectivity index is 1.46. The second-order valence-corrected chi connectivity index (χ2v) is 8.05. The van der Waals surface area contributed by atoms with Crippen molar-refractivity contribution in [3.05, 3.63) is 96.7 Å². The summed E-state index contributed by atoms with van der Waals surface area (Å²) in [5, 5.41) is 14.3. The number of tetrazole rings is 1. The number of hydrogen-bond acceptors (Lipinski definition) is 6. The zero-order valence-electron chi connectivity index (χ0n) is 19.5. The monoisotopic (exact) mass is 498 g/mol. The Bertz CT molecular complexity index is 1590. The van der Waals surface area contributed by atoms with Gasteiger partial charge in [-0.05, 0) is 58.5 Å². The van der Waals surface area contributed by atoms with Crippen LogP contribution < -0.4 is 16.0 Å². The molecule has 0 bridgehead atoms. The third kappa shape index (κ3) is 4.69. The maximum Gasteiger partial charge on any atom is 0.326 e. The lowest BCUT2D eigenvalue weighted by Gasteiger charge is -2.18. The van der Waals surface area contributed by atoms with Crippen LogP contribution in [0, 0.1) is 11.6 Å². The molecular formula is C26H20F2N8O. The highest BCUT2D eigenvalue weighted by atomic mass is 19.2. The van der Waals surface area contributed by atoms with Crippen LogP contribution >= 0.6 is 0 Å². The van der Waals surface area contributed by atoms with Gasteiger partial charge in [-0.2, -0.15) is 4.68 Å². The lowest BCUT2D eigenvalue weighted by atomic mass is 10.0. The van der Waals surface area contributed by atoms with Gasteiger partial charge in [-0.1, -0.05) is 36.4 Å². The van der Waals surface area contributed by atoms with E-state index in [1.54, 1.807) is 37.5 Å². The van der Waals surface area contributed by atoms with E-state index in [4.69, 9.17) is 5.73 Å². The van der Waals surface area contributed by atoms with Crippen LogP contribution in [0.15, 0.2) is 85.1 Å². The first-order chi connectivity index (χ1) is 17.9. The van der Waals surface area contributed by atoms with Crippen LogP contribution in [0.1, 0.15) is 0 Å². The van der Waals surface area contributed by atoms with E-state index in [0.717, 1.165) is 22.0 Å². The Morgan fingerprint density at radius 2 is 1.76 bits per heavy atom. The van der Waals surface area contributed by atoms with Crippen molar-refractivity contribution < 1.29 is 13.6 Å². The molecule has 3 N–H and O–H groups in total. The number of carbonyl (C=O) groups is 1. The molecule has 2 aromatic heterocycles. The first kappa shape index (κ1) is 23.5. The van der Waals surface area contributed by atoms with E-state index < -0.39 is 11.6 Å². The average Bonchev–Trinajstić information content (AvgIpc) is 3.40. The summed E-state index contributed by atoms with van der Waals surface area (Å²) in [6, 6.07) is 21.5. The van der Waals surface area contributed by atoms with Gasteiger partial charge in [0, 0.05) is 30.2 Å². The van der Waals surface area contributed by atoms with Gasteiger partial charge in [0.25, 0.3) is 0 Å². The van der Waals surface area contributed by atoms with Crippen LogP contribution in [0.2, 0.25) is 0 Å². The number of nitrogen functional groups attached to an aromatic ring is 1. The molecule has 5 rings (SSSR count). The molecule has 0 aliphatic carbocycles. The van der Waals surface area contributed by atoms with Crippen molar-refractivity contribution in [1.82, 2.24) is 25.2 Å². The number of benzene rings is 3. The summed E-state index contributed by atoms with van der Waals surface area (Å²) in [6.45, 7) is 0. The number of pyridine rings is 1. The molecule has 0 aliphatic rings. The Labute approximate surface area is 210 Å². The van der Waals surface area contributed by atoms with Crippen LogP contribution in [-0.4, -0.2) is 38.3 Å². The molecule has 11 heteroatoms. The van der Waals surface area contributed by atoms with Crippen molar-refractivity contribution in [3.63, 3.8) is 0 Å². The maximum atomic E-state index is 14.4. The van der Waals surface area contributed by atoms with Crippen molar-refractivity contribution in [2.75, 3.05) is 23.0 Å².